The smallest absolute Gasteiger partial charge is 0.290 e. The van der Waals surface area contributed by atoms with Crippen molar-refractivity contribution in [3.63, 3.8) is 0 Å². The van der Waals surface area contributed by atoms with Gasteiger partial charge in [0.05, 0.1) is 29.7 Å². The molecular weight excluding hydrogens is 474 g/mol. The molecule has 1 unspecified atom stereocenters. The first kappa shape index (κ1) is 22.6. The molecule has 2 heterocycles. The molecule has 2 aromatic carbocycles. The number of rotatable bonds is 8. The zero-order valence-electron chi connectivity index (χ0n) is 18.4. The summed E-state index contributed by atoms with van der Waals surface area (Å²) in [5.74, 6) is 0.589. The Hall–Kier alpha value is -2.64. The highest BCUT2D eigenvalue weighted by molar-refractivity contribution is 9.10. The Morgan fingerprint density at radius 3 is 2.56 bits per heavy atom. The predicted octanol–water partition coefficient (Wildman–Crippen LogP) is 5.31. The highest BCUT2D eigenvalue weighted by Gasteiger charge is 2.42. The monoisotopic (exact) mass is 499 g/mol. The standard InChI is InChI=1S/C25H26BrNO5/c1-4-30-18-9-6-16(7-10-18)22-21-23(28)19-14-17(26)8-11-20(19)32-24(21)25(29)27(22)12-5-13-31-15(2)3/h6-11,14-15,22H,4-5,12-13H2,1-3H3. The minimum Gasteiger partial charge on any atom is -0.494 e. The molecule has 0 saturated carbocycles. The molecule has 0 aliphatic carbocycles. The average molecular weight is 500 g/mol. The Kier molecular flexibility index (Phi) is 6.67. The van der Waals surface area contributed by atoms with E-state index in [9.17, 15) is 9.59 Å². The molecule has 1 amide bonds. The molecular formula is C25H26BrNO5. The molecule has 0 fully saturated rings. The van der Waals surface area contributed by atoms with Crippen molar-refractivity contribution in [1.82, 2.24) is 4.90 Å². The van der Waals surface area contributed by atoms with Gasteiger partial charge in [0.2, 0.25) is 5.76 Å². The number of nitrogens with zero attached hydrogens (tertiary/aromatic N) is 1. The second-order valence-electron chi connectivity index (χ2n) is 7.99. The van der Waals surface area contributed by atoms with Crippen LogP contribution in [-0.4, -0.2) is 36.7 Å². The van der Waals surface area contributed by atoms with Crippen LogP contribution in [0.15, 0.2) is 56.1 Å². The first-order chi connectivity index (χ1) is 15.4. The lowest BCUT2D eigenvalue weighted by atomic mass is 9.98. The van der Waals surface area contributed by atoms with Crippen LogP contribution in [0.25, 0.3) is 11.0 Å². The molecule has 0 saturated heterocycles. The number of carbonyl (C=O) groups excluding carboxylic acids is 1. The van der Waals surface area contributed by atoms with E-state index in [0.717, 1.165) is 15.8 Å². The van der Waals surface area contributed by atoms with Crippen LogP contribution in [0, 0.1) is 0 Å². The Balaban J connectivity index is 1.79. The van der Waals surface area contributed by atoms with E-state index >= 15 is 0 Å². The maximum absolute atomic E-state index is 13.5. The van der Waals surface area contributed by atoms with Gasteiger partial charge in [0.1, 0.15) is 11.3 Å². The molecule has 0 spiro atoms. The number of halogens is 1. The number of carbonyl (C=O) groups is 1. The summed E-state index contributed by atoms with van der Waals surface area (Å²) in [6.07, 6.45) is 0.778. The average Bonchev–Trinajstić information content (AvgIpc) is 3.04. The van der Waals surface area contributed by atoms with Crippen LogP contribution < -0.4 is 10.2 Å². The molecule has 0 radical (unpaired) electrons. The summed E-state index contributed by atoms with van der Waals surface area (Å²) in [6.45, 7) is 7.43. The maximum Gasteiger partial charge on any atom is 0.290 e. The van der Waals surface area contributed by atoms with Crippen LogP contribution >= 0.6 is 15.9 Å². The normalized spacial score (nSPS) is 15.6. The van der Waals surface area contributed by atoms with E-state index in [1.165, 1.54) is 0 Å². The Morgan fingerprint density at radius 2 is 1.88 bits per heavy atom. The van der Waals surface area contributed by atoms with Crippen LogP contribution in [0.4, 0.5) is 0 Å². The molecule has 1 atom stereocenters. The number of ether oxygens (including phenoxy) is 2. The van der Waals surface area contributed by atoms with Crippen molar-refractivity contribution in [3.8, 4) is 5.75 Å². The topological polar surface area (TPSA) is 69.0 Å². The van der Waals surface area contributed by atoms with Crippen molar-refractivity contribution in [3.05, 3.63) is 74.0 Å². The molecule has 4 rings (SSSR count). The second-order valence-corrected chi connectivity index (χ2v) is 8.91. The zero-order valence-corrected chi connectivity index (χ0v) is 20.0. The van der Waals surface area contributed by atoms with E-state index in [1.54, 1.807) is 23.1 Å². The van der Waals surface area contributed by atoms with Crippen molar-refractivity contribution in [2.75, 3.05) is 19.8 Å². The van der Waals surface area contributed by atoms with Gasteiger partial charge in [-0.05, 0) is 63.1 Å². The van der Waals surface area contributed by atoms with Crippen LogP contribution in [0.1, 0.15) is 54.9 Å². The molecule has 32 heavy (non-hydrogen) atoms. The lowest BCUT2D eigenvalue weighted by Crippen LogP contribution is -2.31. The van der Waals surface area contributed by atoms with Gasteiger partial charge in [-0.1, -0.05) is 28.1 Å². The van der Waals surface area contributed by atoms with Crippen molar-refractivity contribution >= 4 is 32.8 Å². The predicted molar refractivity (Wildman–Crippen MR) is 126 cm³/mol. The highest BCUT2D eigenvalue weighted by atomic mass is 79.9. The van der Waals surface area contributed by atoms with E-state index in [-0.39, 0.29) is 23.2 Å². The molecule has 6 nitrogen and oxygen atoms in total. The number of fused-ring (bicyclic) bond motifs is 2. The van der Waals surface area contributed by atoms with Crippen LogP contribution in [0.3, 0.4) is 0 Å². The summed E-state index contributed by atoms with van der Waals surface area (Å²) in [5, 5.41) is 0.451. The molecule has 168 valence electrons. The van der Waals surface area contributed by atoms with Gasteiger partial charge in [0, 0.05) is 17.6 Å². The van der Waals surface area contributed by atoms with Crippen molar-refractivity contribution in [2.24, 2.45) is 0 Å². The number of benzene rings is 2. The van der Waals surface area contributed by atoms with Crippen LogP contribution in [-0.2, 0) is 4.74 Å². The van der Waals surface area contributed by atoms with E-state index in [2.05, 4.69) is 15.9 Å². The first-order valence-electron chi connectivity index (χ1n) is 10.8. The quantitative estimate of drug-likeness (QED) is 0.392. The fraction of sp³-hybridized carbons (Fsp3) is 0.360. The number of amides is 1. The summed E-state index contributed by atoms with van der Waals surface area (Å²) in [4.78, 5) is 28.6. The summed E-state index contributed by atoms with van der Waals surface area (Å²) in [5.41, 5.74) is 1.44. The van der Waals surface area contributed by atoms with Crippen molar-refractivity contribution < 1.29 is 18.7 Å². The van der Waals surface area contributed by atoms with E-state index in [1.807, 2.05) is 45.0 Å². The summed E-state index contributed by atoms with van der Waals surface area (Å²) in [7, 11) is 0. The maximum atomic E-state index is 13.5. The second kappa shape index (κ2) is 9.46. The van der Waals surface area contributed by atoms with Crippen LogP contribution in [0.2, 0.25) is 0 Å². The van der Waals surface area contributed by atoms with Crippen molar-refractivity contribution in [1.29, 1.82) is 0 Å². The minimum absolute atomic E-state index is 0.119. The third-order valence-electron chi connectivity index (χ3n) is 5.43. The molecule has 0 bridgehead atoms. The van der Waals surface area contributed by atoms with Crippen molar-refractivity contribution in [2.45, 2.75) is 39.3 Å². The van der Waals surface area contributed by atoms with Gasteiger partial charge >= 0.3 is 0 Å². The third kappa shape index (κ3) is 4.32. The third-order valence-corrected chi connectivity index (χ3v) is 5.92. The lowest BCUT2D eigenvalue weighted by molar-refractivity contribution is 0.0593. The number of hydrogen-bond donors (Lipinski definition) is 0. The van der Waals surface area contributed by atoms with Gasteiger partial charge in [-0.2, -0.15) is 0 Å². The fourth-order valence-electron chi connectivity index (χ4n) is 4.04. The van der Waals surface area contributed by atoms with E-state index in [4.69, 9.17) is 13.9 Å². The Bertz CT molecular complexity index is 1190. The highest BCUT2D eigenvalue weighted by Crippen LogP contribution is 2.39. The van der Waals surface area contributed by atoms with E-state index < -0.39 is 6.04 Å². The first-order valence-corrected chi connectivity index (χ1v) is 11.6. The molecule has 3 aromatic rings. The van der Waals surface area contributed by atoms with Gasteiger partial charge in [-0.25, -0.2) is 0 Å². The summed E-state index contributed by atoms with van der Waals surface area (Å²) in [6, 6.07) is 12.2. The minimum atomic E-state index is -0.521. The Morgan fingerprint density at radius 1 is 1.12 bits per heavy atom. The lowest BCUT2D eigenvalue weighted by Gasteiger charge is -2.25. The van der Waals surface area contributed by atoms with E-state index in [0.29, 0.717) is 42.7 Å². The van der Waals surface area contributed by atoms with Gasteiger partial charge in [0.25, 0.3) is 5.91 Å². The molecule has 7 heteroatoms. The number of hydrogen-bond acceptors (Lipinski definition) is 5. The summed E-state index contributed by atoms with van der Waals surface area (Å²) >= 11 is 3.42. The van der Waals surface area contributed by atoms with Gasteiger partial charge < -0.3 is 18.8 Å². The molecule has 0 N–H and O–H groups in total. The molecule has 1 aromatic heterocycles. The van der Waals surface area contributed by atoms with Gasteiger partial charge in [-0.3, -0.25) is 9.59 Å². The van der Waals surface area contributed by atoms with Gasteiger partial charge in [-0.15, -0.1) is 0 Å². The molecule has 1 aliphatic rings. The summed E-state index contributed by atoms with van der Waals surface area (Å²) < 4.78 is 18.0. The SMILES string of the molecule is CCOc1ccc(C2c3c(oc4ccc(Br)cc4c3=O)C(=O)N2CCCOC(C)C)cc1. The van der Waals surface area contributed by atoms with Crippen LogP contribution in [0.5, 0.6) is 5.75 Å². The zero-order chi connectivity index (χ0) is 22.8. The Labute approximate surface area is 195 Å². The molecule has 1 aliphatic heterocycles. The van der Waals surface area contributed by atoms with Gasteiger partial charge in [0.15, 0.2) is 5.43 Å². The largest absolute Gasteiger partial charge is 0.494 e. The fourth-order valence-corrected chi connectivity index (χ4v) is 4.40.